The Balaban J connectivity index is 0.00000151. The molecule has 1 aliphatic heterocycles. The Morgan fingerprint density at radius 2 is 1.76 bits per heavy atom. The Morgan fingerprint density at radius 1 is 1.24 bits per heavy atom. The SMILES string of the molecule is CC.CC(C)(C)OC(=O)N1CCC(O)(C(C#N)c2ccccc2)CC1. The molecule has 1 aliphatic rings. The number of carbonyl (C=O) groups excluding carboxylic acids is 1. The van der Waals surface area contributed by atoms with Crippen LogP contribution < -0.4 is 0 Å². The molecule has 0 aromatic heterocycles. The summed E-state index contributed by atoms with van der Waals surface area (Å²) in [7, 11) is 0. The van der Waals surface area contributed by atoms with Gasteiger partial charge in [-0.1, -0.05) is 44.2 Å². The van der Waals surface area contributed by atoms with Gasteiger partial charge in [0.1, 0.15) is 11.5 Å². The van der Waals surface area contributed by atoms with Crippen molar-refractivity contribution in [3.8, 4) is 6.07 Å². The van der Waals surface area contributed by atoms with Crippen molar-refractivity contribution in [1.29, 1.82) is 5.26 Å². The van der Waals surface area contributed by atoms with Crippen molar-refractivity contribution >= 4 is 6.09 Å². The predicted octanol–water partition coefficient (Wildman–Crippen LogP) is 4.08. The molecule has 5 heteroatoms. The van der Waals surface area contributed by atoms with E-state index < -0.39 is 17.1 Å². The summed E-state index contributed by atoms with van der Waals surface area (Å²) in [5.41, 5.74) is -0.846. The second-order valence-corrected chi connectivity index (χ2v) is 7.04. The van der Waals surface area contributed by atoms with Gasteiger partial charge in [-0.05, 0) is 39.2 Å². The van der Waals surface area contributed by atoms with Crippen LogP contribution in [0.15, 0.2) is 30.3 Å². The van der Waals surface area contributed by atoms with E-state index in [2.05, 4.69) is 6.07 Å². The summed E-state index contributed by atoms with van der Waals surface area (Å²) in [4.78, 5) is 13.7. The average Bonchev–Trinajstić information content (AvgIpc) is 2.57. The van der Waals surface area contributed by atoms with Crippen molar-refractivity contribution in [2.24, 2.45) is 0 Å². The predicted molar refractivity (Wildman–Crippen MR) is 98.1 cm³/mol. The molecule has 1 heterocycles. The van der Waals surface area contributed by atoms with Crippen LogP contribution in [0.25, 0.3) is 0 Å². The molecule has 1 unspecified atom stereocenters. The number of nitriles is 1. The highest BCUT2D eigenvalue weighted by atomic mass is 16.6. The van der Waals surface area contributed by atoms with Crippen LogP contribution in [0.1, 0.15) is 58.9 Å². The first-order chi connectivity index (χ1) is 11.7. The minimum atomic E-state index is -1.12. The highest BCUT2D eigenvalue weighted by Gasteiger charge is 2.42. The van der Waals surface area contributed by atoms with Crippen molar-refractivity contribution in [1.82, 2.24) is 4.90 Å². The lowest BCUT2D eigenvalue weighted by Crippen LogP contribution is -2.50. The molecular formula is C20H30N2O3. The topological polar surface area (TPSA) is 73.6 Å². The summed E-state index contributed by atoms with van der Waals surface area (Å²) < 4.78 is 5.36. The molecule has 0 bridgehead atoms. The third-order valence-electron chi connectivity index (χ3n) is 4.08. The van der Waals surface area contributed by atoms with E-state index in [1.165, 1.54) is 0 Å². The fourth-order valence-electron chi connectivity index (χ4n) is 2.84. The van der Waals surface area contributed by atoms with Gasteiger partial charge in [-0.3, -0.25) is 0 Å². The third-order valence-corrected chi connectivity index (χ3v) is 4.08. The van der Waals surface area contributed by atoms with E-state index in [4.69, 9.17) is 4.74 Å². The molecule has 1 atom stereocenters. The summed E-state index contributed by atoms with van der Waals surface area (Å²) in [5.74, 6) is -0.593. The van der Waals surface area contributed by atoms with Crippen LogP contribution in [0.3, 0.4) is 0 Å². The van der Waals surface area contributed by atoms with Gasteiger partial charge in [-0.25, -0.2) is 4.79 Å². The Bertz CT molecular complexity index is 579. The van der Waals surface area contributed by atoms with Crippen LogP contribution in [-0.2, 0) is 4.74 Å². The maximum Gasteiger partial charge on any atom is 0.410 e. The zero-order valence-corrected chi connectivity index (χ0v) is 16.0. The minimum absolute atomic E-state index is 0.360. The van der Waals surface area contributed by atoms with Crippen molar-refractivity contribution < 1.29 is 14.6 Å². The summed E-state index contributed by atoms with van der Waals surface area (Å²) >= 11 is 0. The largest absolute Gasteiger partial charge is 0.444 e. The molecule has 138 valence electrons. The van der Waals surface area contributed by atoms with E-state index >= 15 is 0 Å². The lowest BCUT2D eigenvalue weighted by Gasteiger charge is -2.40. The molecule has 0 saturated carbocycles. The normalized spacial score (nSPS) is 17.6. The number of hydrogen-bond donors (Lipinski definition) is 1. The van der Waals surface area contributed by atoms with Gasteiger partial charge in [0, 0.05) is 13.1 Å². The maximum atomic E-state index is 12.1. The van der Waals surface area contributed by atoms with Crippen LogP contribution in [0.2, 0.25) is 0 Å². The highest BCUT2D eigenvalue weighted by molar-refractivity contribution is 5.68. The van der Waals surface area contributed by atoms with Crippen LogP contribution in [-0.4, -0.2) is 40.4 Å². The van der Waals surface area contributed by atoms with Crippen LogP contribution in [0, 0.1) is 11.3 Å². The fraction of sp³-hybridized carbons (Fsp3) is 0.600. The number of likely N-dealkylation sites (tertiary alicyclic amines) is 1. The van der Waals surface area contributed by atoms with Gasteiger partial charge in [0.25, 0.3) is 0 Å². The molecule has 2 rings (SSSR count). The van der Waals surface area contributed by atoms with Crippen LogP contribution in [0.4, 0.5) is 4.79 Å². The van der Waals surface area contributed by atoms with Crippen molar-refractivity contribution in [3.05, 3.63) is 35.9 Å². The standard InChI is InChI=1S/C18H24N2O3.C2H6/c1-17(2,3)23-16(21)20-11-9-18(22,10-12-20)15(13-19)14-7-5-4-6-8-14;1-2/h4-8,15,22H,9-12H2,1-3H3;1-2H3. The second kappa shape index (κ2) is 8.87. The van der Waals surface area contributed by atoms with E-state index in [0.717, 1.165) is 5.56 Å². The number of benzene rings is 1. The number of carbonyl (C=O) groups is 1. The smallest absolute Gasteiger partial charge is 0.410 e. The molecule has 1 amide bonds. The number of amides is 1. The monoisotopic (exact) mass is 346 g/mol. The minimum Gasteiger partial charge on any atom is -0.444 e. The van der Waals surface area contributed by atoms with E-state index in [1.54, 1.807) is 4.90 Å². The van der Waals surface area contributed by atoms with Crippen molar-refractivity contribution in [3.63, 3.8) is 0 Å². The van der Waals surface area contributed by atoms with Crippen molar-refractivity contribution in [2.45, 2.75) is 64.6 Å². The van der Waals surface area contributed by atoms with Gasteiger partial charge < -0.3 is 14.7 Å². The molecule has 1 aromatic carbocycles. The molecule has 1 fully saturated rings. The molecule has 5 nitrogen and oxygen atoms in total. The van der Waals surface area contributed by atoms with Crippen molar-refractivity contribution in [2.75, 3.05) is 13.1 Å². The summed E-state index contributed by atoms with van der Waals surface area (Å²) in [6.07, 6.45) is 0.353. The van der Waals surface area contributed by atoms with E-state index in [0.29, 0.717) is 25.9 Å². The van der Waals surface area contributed by atoms with Crippen LogP contribution >= 0.6 is 0 Å². The van der Waals surface area contributed by atoms with Gasteiger partial charge in [-0.2, -0.15) is 5.26 Å². The van der Waals surface area contributed by atoms with Gasteiger partial charge in [0.05, 0.1) is 11.7 Å². The summed E-state index contributed by atoms with van der Waals surface area (Å²) in [6, 6.07) is 11.5. The number of rotatable bonds is 2. The quantitative estimate of drug-likeness (QED) is 0.875. The summed E-state index contributed by atoms with van der Waals surface area (Å²) in [6.45, 7) is 10.2. The van der Waals surface area contributed by atoms with Gasteiger partial charge in [0.15, 0.2) is 0 Å². The molecule has 1 saturated heterocycles. The summed E-state index contributed by atoms with van der Waals surface area (Å²) in [5, 5.41) is 20.4. The second-order valence-electron chi connectivity index (χ2n) is 7.04. The Labute approximate surface area is 151 Å². The maximum absolute atomic E-state index is 12.1. The zero-order chi connectivity index (χ0) is 19.1. The number of nitrogens with zero attached hydrogens (tertiary/aromatic N) is 2. The zero-order valence-electron chi connectivity index (χ0n) is 16.0. The first-order valence-electron chi connectivity index (χ1n) is 8.90. The molecule has 1 N–H and O–H groups in total. The average molecular weight is 346 g/mol. The molecule has 0 aliphatic carbocycles. The number of aliphatic hydroxyl groups is 1. The van der Waals surface area contributed by atoms with Gasteiger partial charge in [-0.15, -0.1) is 0 Å². The molecular weight excluding hydrogens is 316 g/mol. The van der Waals surface area contributed by atoms with Crippen LogP contribution in [0.5, 0.6) is 0 Å². The third kappa shape index (κ3) is 5.75. The first-order valence-corrected chi connectivity index (χ1v) is 8.90. The molecule has 0 radical (unpaired) electrons. The Kier molecular flexibility index (Phi) is 7.44. The Hall–Kier alpha value is -2.06. The highest BCUT2D eigenvalue weighted by Crippen LogP contribution is 2.36. The Morgan fingerprint density at radius 3 is 2.20 bits per heavy atom. The van der Waals surface area contributed by atoms with E-state index in [1.807, 2.05) is 65.0 Å². The van der Waals surface area contributed by atoms with E-state index in [9.17, 15) is 15.2 Å². The number of hydrogen-bond acceptors (Lipinski definition) is 4. The van der Waals surface area contributed by atoms with E-state index in [-0.39, 0.29) is 6.09 Å². The van der Waals surface area contributed by atoms with Gasteiger partial charge >= 0.3 is 6.09 Å². The number of piperidine rings is 1. The molecule has 1 aromatic rings. The van der Waals surface area contributed by atoms with Gasteiger partial charge in [0.2, 0.25) is 0 Å². The lowest BCUT2D eigenvalue weighted by atomic mass is 9.76. The fourth-order valence-corrected chi connectivity index (χ4v) is 2.84. The first kappa shape index (κ1) is 21.0. The molecule has 25 heavy (non-hydrogen) atoms. The number of ether oxygens (including phenoxy) is 1. The molecule has 0 spiro atoms. The lowest BCUT2D eigenvalue weighted by molar-refractivity contribution is -0.0387.